The Morgan fingerprint density at radius 3 is 2.86 bits per heavy atom. The molecule has 0 saturated carbocycles. The SMILES string of the molecule is C=CCN(c1nnc(Cl)cc1C(=O)OCC)[C@@H]1CC2CC(F)(F)[C@H](C1)N2B(C)O. The Bertz CT molecular complexity index is 785. The molecule has 11 heteroatoms. The van der Waals surface area contributed by atoms with Crippen LogP contribution in [-0.2, 0) is 4.74 Å². The fraction of sp³-hybridized carbons (Fsp3) is 0.611. The van der Waals surface area contributed by atoms with Crippen molar-refractivity contribution in [3.05, 3.63) is 29.4 Å². The standard InChI is InChI=1S/C18H24BClF2N4O3/c1-4-6-25(16-13(17(27)29-5-2)9-15(20)23-24-16)11-7-12-10-18(21,22)14(8-11)26(12)19(3)28/h4,9,11-12,14,28H,1,5-8,10H2,2-3H3/t11-,12?,14+/m1/s1. The van der Waals surface area contributed by atoms with Crippen molar-refractivity contribution in [2.24, 2.45) is 0 Å². The van der Waals surface area contributed by atoms with E-state index in [1.165, 1.54) is 17.7 Å². The number of piperidine rings is 1. The Morgan fingerprint density at radius 1 is 1.55 bits per heavy atom. The predicted octanol–water partition coefficient (Wildman–Crippen LogP) is 2.65. The summed E-state index contributed by atoms with van der Waals surface area (Å²) in [6.07, 6.45) is 1.80. The molecule has 0 radical (unpaired) electrons. The molecule has 3 rings (SSSR count). The van der Waals surface area contributed by atoms with Crippen LogP contribution in [0.15, 0.2) is 18.7 Å². The van der Waals surface area contributed by atoms with Crippen molar-refractivity contribution in [1.82, 2.24) is 15.0 Å². The van der Waals surface area contributed by atoms with Crippen molar-refractivity contribution in [1.29, 1.82) is 0 Å². The number of carbonyl (C=O) groups excluding carboxylic acids is 1. The molecule has 2 fully saturated rings. The first-order chi connectivity index (χ1) is 13.7. The fourth-order valence-corrected chi connectivity index (χ4v) is 4.64. The minimum atomic E-state index is -2.90. The predicted molar refractivity (Wildman–Crippen MR) is 106 cm³/mol. The lowest BCUT2D eigenvalue weighted by molar-refractivity contribution is -0.0283. The van der Waals surface area contributed by atoms with Crippen LogP contribution in [0.3, 0.4) is 0 Å². The van der Waals surface area contributed by atoms with E-state index in [4.69, 9.17) is 16.3 Å². The lowest BCUT2D eigenvalue weighted by Gasteiger charge is -2.44. The second-order valence-electron chi connectivity index (χ2n) is 7.40. The minimum Gasteiger partial charge on any atom is -0.462 e. The molecular weight excluding hydrogens is 404 g/mol. The van der Waals surface area contributed by atoms with E-state index in [0.717, 1.165) is 0 Å². The third-order valence-corrected chi connectivity index (χ3v) is 5.71. The normalized spacial score (nSPS) is 25.5. The van der Waals surface area contributed by atoms with Crippen LogP contribution in [0, 0.1) is 0 Å². The molecule has 0 amide bonds. The van der Waals surface area contributed by atoms with Gasteiger partial charge >= 0.3 is 13.0 Å². The van der Waals surface area contributed by atoms with Gasteiger partial charge in [-0.2, -0.15) is 0 Å². The zero-order valence-corrected chi connectivity index (χ0v) is 17.1. The van der Waals surface area contributed by atoms with Gasteiger partial charge in [0.2, 0.25) is 0 Å². The maximum Gasteiger partial charge on any atom is 0.377 e. The number of hydrogen-bond acceptors (Lipinski definition) is 7. The molecule has 3 heterocycles. The number of halogens is 3. The van der Waals surface area contributed by atoms with Crippen LogP contribution in [0.1, 0.15) is 36.5 Å². The molecule has 29 heavy (non-hydrogen) atoms. The number of fused-ring (bicyclic) bond motifs is 2. The lowest BCUT2D eigenvalue weighted by atomic mass is 9.78. The summed E-state index contributed by atoms with van der Waals surface area (Å²) < 4.78 is 34.3. The second-order valence-corrected chi connectivity index (χ2v) is 7.79. The maximum absolute atomic E-state index is 14.6. The smallest absolute Gasteiger partial charge is 0.377 e. The molecule has 3 atom stereocenters. The highest BCUT2D eigenvalue weighted by molar-refractivity contribution is 6.45. The molecule has 1 N–H and O–H groups in total. The molecule has 2 aliphatic heterocycles. The van der Waals surface area contributed by atoms with Gasteiger partial charge in [-0.3, -0.25) is 0 Å². The van der Waals surface area contributed by atoms with Crippen LogP contribution >= 0.6 is 11.6 Å². The van der Waals surface area contributed by atoms with Crippen LogP contribution in [0.2, 0.25) is 12.0 Å². The molecular formula is C18H24BClF2N4O3. The first-order valence-electron chi connectivity index (χ1n) is 9.60. The van der Waals surface area contributed by atoms with Crippen LogP contribution in [0.5, 0.6) is 0 Å². The summed E-state index contributed by atoms with van der Waals surface area (Å²) in [6, 6.07) is -0.543. The zero-order valence-electron chi connectivity index (χ0n) is 16.4. The van der Waals surface area contributed by atoms with Gasteiger partial charge in [-0.25, -0.2) is 13.6 Å². The highest BCUT2D eigenvalue weighted by Gasteiger charge is 2.59. The minimum absolute atomic E-state index is 0.0332. The highest BCUT2D eigenvalue weighted by atomic mass is 35.5. The van der Waals surface area contributed by atoms with Gasteiger partial charge in [-0.1, -0.05) is 17.7 Å². The molecule has 0 aliphatic carbocycles. The van der Waals surface area contributed by atoms with Crippen molar-refractivity contribution in [2.75, 3.05) is 18.1 Å². The first kappa shape index (κ1) is 21.9. The fourth-order valence-electron chi connectivity index (χ4n) is 4.50. The third-order valence-electron chi connectivity index (χ3n) is 5.53. The number of ether oxygens (including phenoxy) is 1. The number of esters is 1. The van der Waals surface area contributed by atoms with Crippen LogP contribution in [0.25, 0.3) is 0 Å². The Labute approximate surface area is 173 Å². The maximum atomic E-state index is 14.6. The topological polar surface area (TPSA) is 78.8 Å². The lowest BCUT2D eigenvalue weighted by Crippen LogP contribution is -2.57. The quantitative estimate of drug-likeness (QED) is 0.406. The second kappa shape index (κ2) is 8.53. The number of alkyl halides is 2. The summed E-state index contributed by atoms with van der Waals surface area (Å²) in [5.74, 6) is -3.28. The Balaban J connectivity index is 1.96. The van der Waals surface area contributed by atoms with E-state index >= 15 is 0 Å². The molecule has 1 unspecified atom stereocenters. The van der Waals surface area contributed by atoms with Crippen LogP contribution in [0.4, 0.5) is 14.6 Å². The van der Waals surface area contributed by atoms with Gasteiger partial charge < -0.3 is 19.5 Å². The van der Waals surface area contributed by atoms with E-state index in [0.29, 0.717) is 6.42 Å². The molecule has 7 nitrogen and oxygen atoms in total. The van der Waals surface area contributed by atoms with Crippen molar-refractivity contribution in [2.45, 2.75) is 57.1 Å². The van der Waals surface area contributed by atoms with Crippen molar-refractivity contribution < 1.29 is 23.3 Å². The molecule has 1 aromatic rings. The van der Waals surface area contributed by atoms with E-state index in [-0.39, 0.29) is 48.6 Å². The van der Waals surface area contributed by atoms with Crippen molar-refractivity contribution >= 4 is 30.4 Å². The summed E-state index contributed by atoms with van der Waals surface area (Å²) in [4.78, 5) is 15.7. The summed E-state index contributed by atoms with van der Waals surface area (Å²) in [5, 5.41) is 18.0. The first-order valence-corrected chi connectivity index (χ1v) is 9.98. The summed E-state index contributed by atoms with van der Waals surface area (Å²) in [5.41, 5.74) is 0.130. The number of carbonyl (C=O) groups is 1. The van der Waals surface area contributed by atoms with Gasteiger partial charge in [-0.05, 0) is 32.7 Å². The van der Waals surface area contributed by atoms with E-state index in [1.54, 1.807) is 17.9 Å². The molecule has 0 spiro atoms. The van der Waals surface area contributed by atoms with E-state index in [9.17, 15) is 18.6 Å². The molecule has 1 aromatic heterocycles. The van der Waals surface area contributed by atoms with Crippen molar-refractivity contribution in [3.8, 4) is 0 Å². The highest BCUT2D eigenvalue weighted by Crippen LogP contribution is 2.47. The zero-order chi connectivity index (χ0) is 21.3. The largest absolute Gasteiger partial charge is 0.462 e. The average molecular weight is 429 g/mol. The molecule has 0 aromatic carbocycles. The van der Waals surface area contributed by atoms with Gasteiger partial charge in [0.15, 0.2) is 11.0 Å². The number of aromatic nitrogens is 2. The van der Waals surface area contributed by atoms with Gasteiger partial charge in [0, 0.05) is 25.0 Å². The van der Waals surface area contributed by atoms with Crippen molar-refractivity contribution in [3.63, 3.8) is 0 Å². The van der Waals surface area contributed by atoms with E-state index in [2.05, 4.69) is 16.8 Å². The monoisotopic (exact) mass is 428 g/mol. The molecule has 2 saturated heterocycles. The Kier molecular flexibility index (Phi) is 6.45. The van der Waals surface area contributed by atoms with Crippen LogP contribution in [-0.4, -0.2) is 70.3 Å². The molecule has 2 bridgehead atoms. The number of hydrogen-bond donors (Lipinski definition) is 1. The van der Waals surface area contributed by atoms with Gasteiger partial charge in [0.1, 0.15) is 5.56 Å². The molecule has 158 valence electrons. The summed E-state index contributed by atoms with van der Waals surface area (Å²) in [7, 11) is -0.961. The Morgan fingerprint density at radius 2 is 2.28 bits per heavy atom. The van der Waals surface area contributed by atoms with E-state index < -0.39 is 31.0 Å². The number of rotatable bonds is 7. The molecule has 2 aliphatic rings. The number of nitrogens with zero attached hydrogens (tertiary/aromatic N) is 4. The average Bonchev–Trinajstić information content (AvgIpc) is 2.81. The summed E-state index contributed by atoms with van der Waals surface area (Å²) in [6.45, 7) is 7.39. The number of anilines is 1. The van der Waals surface area contributed by atoms with Crippen LogP contribution < -0.4 is 4.90 Å². The third kappa shape index (κ3) is 4.24. The van der Waals surface area contributed by atoms with E-state index in [1.807, 2.05) is 0 Å². The summed E-state index contributed by atoms with van der Waals surface area (Å²) >= 11 is 5.92. The van der Waals surface area contributed by atoms with Gasteiger partial charge in [0.25, 0.3) is 5.92 Å². The van der Waals surface area contributed by atoms with Gasteiger partial charge in [-0.15, -0.1) is 16.8 Å². The Hall–Kier alpha value is -1.78. The van der Waals surface area contributed by atoms with Gasteiger partial charge in [0.05, 0.1) is 12.6 Å².